The highest BCUT2D eigenvalue weighted by Crippen LogP contribution is 2.32. The number of aromatic nitrogens is 2. The second-order valence-corrected chi connectivity index (χ2v) is 6.74. The number of ether oxygens (including phenoxy) is 2. The van der Waals surface area contributed by atoms with Crippen molar-refractivity contribution in [3.63, 3.8) is 0 Å². The molecule has 1 aromatic heterocycles. The molecule has 2 amide bonds. The summed E-state index contributed by atoms with van der Waals surface area (Å²) in [5.74, 6) is 0.0458. The van der Waals surface area contributed by atoms with Crippen molar-refractivity contribution in [2.75, 3.05) is 6.79 Å². The van der Waals surface area contributed by atoms with E-state index in [1.165, 1.54) is 6.08 Å². The molecular weight excluding hydrogens is 408 g/mol. The minimum absolute atomic E-state index is 0.116. The van der Waals surface area contributed by atoms with E-state index in [4.69, 9.17) is 21.1 Å². The number of nitrogens with one attached hydrogen (secondary N) is 2. The predicted octanol–water partition coefficient (Wildman–Crippen LogP) is 3.04. The summed E-state index contributed by atoms with van der Waals surface area (Å²) < 4.78 is 12.0. The largest absolute Gasteiger partial charge is 0.454 e. The zero-order valence-electron chi connectivity index (χ0n) is 15.9. The van der Waals surface area contributed by atoms with Crippen LogP contribution in [-0.4, -0.2) is 28.4 Å². The number of aryl methyl sites for hydroxylation is 1. The fraction of sp³-hybridized carbons (Fsp3) is 0.0952. The summed E-state index contributed by atoms with van der Waals surface area (Å²) in [6, 6.07) is 14.2. The quantitative estimate of drug-likeness (QED) is 0.496. The SMILES string of the molecule is Cc1nn(-c2ccccc2)c(Cl)c1C=CC(=O)NNC(=O)c1ccc2c(c1)OCO2. The zero-order chi connectivity index (χ0) is 21.1. The van der Waals surface area contributed by atoms with Gasteiger partial charge in [-0.1, -0.05) is 29.8 Å². The van der Waals surface area contributed by atoms with Crippen LogP contribution in [0, 0.1) is 6.92 Å². The number of hydrogen-bond donors (Lipinski definition) is 2. The maximum Gasteiger partial charge on any atom is 0.269 e. The highest BCUT2D eigenvalue weighted by molar-refractivity contribution is 6.31. The molecule has 1 aliphatic rings. The Morgan fingerprint density at radius 2 is 1.87 bits per heavy atom. The molecule has 2 aromatic carbocycles. The molecule has 152 valence electrons. The normalized spacial score (nSPS) is 12.2. The van der Waals surface area contributed by atoms with Crippen LogP contribution in [-0.2, 0) is 4.79 Å². The van der Waals surface area contributed by atoms with Gasteiger partial charge in [-0.15, -0.1) is 0 Å². The van der Waals surface area contributed by atoms with Gasteiger partial charge in [0, 0.05) is 17.2 Å². The summed E-state index contributed by atoms with van der Waals surface area (Å²) >= 11 is 6.43. The second kappa shape index (κ2) is 8.30. The number of nitrogens with zero attached hydrogens (tertiary/aromatic N) is 2. The number of carbonyl (C=O) groups is 2. The zero-order valence-corrected chi connectivity index (χ0v) is 16.6. The van der Waals surface area contributed by atoms with Crippen molar-refractivity contribution in [3.8, 4) is 17.2 Å². The van der Waals surface area contributed by atoms with Gasteiger partial charge in [0.25, 0.3) is 11.8 Å². The van der Waals surface area contributed by atoms with Gasteiger partial charge >= 0.3 is 0 Å². The molecule has 1 aliphatic heterocycles. The molecule has 0 unspecified atom stereocenters. The van der Waals surface area contributed by atoms with Crippen LogP contribution >= 0.6 is 11.6 Å². The lowest BCUT2D eigenvalue weighted by Crippen LogP contribution is -2.40. The van der Waals surface area contributed by atoms with Gasteiger partial charge in [0.05, 0.1) is 11.4 Å². The smallest absolute Gasteiger partial charge is 0.269 e. The van der Waals surface area contributed by atoms with Gasteiger partial charge in [0.15, 0.2) is 11.5 Å². The van der Waals surface area contributed by atoms with E-state index < -0.39 is 11.8 Å². The van der Waals surface area contributed by atoms with Gasteiger partial charge in [0.2, 0.25) is 6.79 Å². The third-order valence-corrected chi connectivity index (χ3v) is 4.75. The molecule has 30 heavy (non-hydrogen) atoms. The summed E-state index contributed by atoms with van der Waals surface area (Å²) in [6.45, 7) is 1.91. The van der Waals surface area contributed by atoms with E-state index in [0.717, 1.165) is 5.69 Å². The van der Waals surface area contributed by atoms with Gasteiger partial charge in [-0.25, -0.2) is 4.68 Å². The first-order chi connectivity index (χ1) is 14.5. The molecule has 2 N–H and O–H groups in total. The first-order valence-corrected chi connectivity index (χ1v) is 9.39. The number of hydrazine groups is 1. The van der Waals surface area contributed by atoms with Crippen LogP contribution in [0.5, 0.6) is 11.5 Å². The Morgan fingerprint density at radius 3 is 2.67 bits per heavy atom. The third-order valence-electron chi connectivity index (χ3n) is 4.38. The first kappa shape index (κ1) is 19.5. The van der Waals surface area contributed by atoms with Crippen molar-refractivity contribution in [2.45, 2.75) is 6.92 Å². The number of fused-ring (bicyclic) bond motifs is 1. The topological polar surface area (TPSA) is 94.5 Å². The van der Waals surface area contributed by atoms with Crippen molar-refractivity contribution < 1.29 is 19.1 Å². The molecule has 0 saturated carbocycles. The van der Waals surface area contributed by atoms with Crippen LogP contribution in [0.3, 0.4) is 0 Å². The van der Waals surface area contributed by atoms with Crippen LogP contribution in [0.2, 0.25) is 5.15 Å². The summed E-state index contributed by atoms with van der Waals surface area (Å²) in [4.78, 5) is 24.3. The molecule has 0 aliphatic carbocycles. The standard InChI is InChI=1S/C21H17ClN4O4/c1-13-16(20(22)26(25-13)15-5-3-2-4-6-15)8-10-19(27)23-24-21(28)14-7-9-17-18(11-14)30-12-29-17/h2-11H,12H2,1H3,(H,23,27)(H,24,28). The molecule has 0 radical (unpaired) electrons. The molecule has 0 bridgehead atoms. The lowest BCUT2D eigenvalue weighted by molar-refractivity contribution is -0.117. The van der Waals surface area contributed by atoms with Crippen molar-refractivity contribution >= 4 is 29.5 Å². The van der Waals surface area contributed by atoms with Crippen LogP contribution in [0.25, 0.3) is 11.8 Å². The van der Waals surface area contributed by atoms with E-state index in [-0.39, 0.29) is 6.79 Å². The first-order valence-electron chi connectivity index (χ1n) is 9.01. The average Bonchev–Trinajstić information content (AvgIpc) is 3.34. The molecule has 0 fully saturated rings. The van der Waals surface area contributed by atoms with E-state index in [2.05, 4.69) is 16.0 Å². The minimum atomic E-state index is -0.521. The van der Waals surface area contributed by atoms with Gasteiger partial charge < -0.3 is 9.47 Å². The monoisotopic (exact) mass is 424 g/mol. The Bertz CT molecular complexity index is 1140. The van der Waals surface area contributed by atoms with E-state index >= 15 is 0 Å². The van der Waals surface area contributed by atoms with Crippen molar-refractivity contribution in [2.24, 2.45) is 0 Å². The minimum Gasteiger partial charge on any atom is -0.454 e. The fourth-order valence-corrected chi connectivity index (χ4v) is 3.20. The molecule has 2 heterocycles. The Balaban J connectivity index is 1.40. The summed E-state index contributed by atoms with van der Waals surface area (Å²) in [5.41, 5.74) is 7.08. The highest BCUT2D eigenvalue weighted by Gasteiger charge is 2.16. The van der Waals surface area contributed by atoms with Crippen molar-refractivity contribution in [1.29, 1.82) is 0 Å². The molecule has 0 spiro atoms. The number of carbonyl (C=O) groups excluding carboxylic acids is 2. The molecule has 9 heteroatoms. The predicted molar refractivity (Wildman–Crippen MR) is 111 cm³/mol. The number of para-hydroxylation sites is 1. The summed E-state index contributed by atoms with van der Waals surface area (Å²) in [7, 11) is 0. The van der Waals surface area contributed by atoms with Gasteiger partial charge in [-0.05, 0) is 43.3 Å². The van der Waals surface area contributed by atoms with Crippen molar-refractivity contribution in [1.82, 2.24) is 20.6 Å². The number of hydrogen-bond acceptors (Lipinski definition) is 5. The number of rotatable bonds is 4. The van der Waals surface area contributed by atoms with Crippen LogP contribution in [0.15, 0.2) is 54.6 Å². The molecule has 4 rings (SSSR count). The lowest BCUT2D eigenvalue weighted by Gasteiger charge is -2.06. The Hall–Kier alpha value is -3.78. The molecular formula is C21H17ClN4O4. The Labute approximate surface area is 177 Å². The van der Waals surface area contributed by atoms with Crippen LogP contribution in [0.4, 0.5) is 0 Å². The van der Waals surface area contributed by atoms with E-state index in [1.807, 2.05) is 30.3 Å². The Kier molecular flexibility index (Phi) is 5.40. The van der Waals surface area contributed by atoms with E-state index in [0.29, 0.717) is 33.5 Å². The maximum atomic E-state index is 12.2. The van der Waals surface area contributed by atoms with Gasteiger partial charge in [-0.2, -0.15) is 5.10 Å². The number of halogens is 1. The molecule has 0 atom stereocenters. The maximum absolute atomic E-state index is 12.2. The highest BCUT2D eigenvalue weighted by atomic mass is 35.5. The molecule has 0 saturated heterocycles. The van der Waals surface area contributed by atoms with E-state index in [1.54, 1.807) is 35.9 Å². The second-order valence-electron chi connectivity index (χ2n) is 6.38. The summed E-state index contributed by atoms with van der Waals surface area (Å²) in [6.07, 6.45) is 2.82. The summed E-state index contributed by atoms with van der Waals surface area (Å²) in [5, 5.41) is 4.79. The number of amides is 2. The lowest BCUT2D eigenvalue weighted by atomic mass is 10.2. The van der Waals surface area contributed by atoms with Crippen LogP contribution < -0.4 is 20.3 Å². The fourth-order valence-electron chi connectivity index (χ4n) is 2.87. The van der Waals surface area contributed by atoms with Gasteiger partial charge in [-0.3, -0.25) is 20.4 Å². The van der Waals surface area contributed by atoms with E-state index in [9.17, 15) is 9.59 Å². The Morgan fingerprint density at radius 1 is 1.10 bits per heavy atom. The molecule has 8 nitrogen and oxygen atoms in total. The molecule has 3 aromatic rings. The van der Waals surface area contributed by atoms with Crippen LogP contribution in [0.1, 0.15) is 21.6 Å². The third kappa shape index (κ3) is 3.99. The van der Waals surface area contributed by atoms with Crippen molar-refractivity contribution in [3.05, 3.63) is 76.6 Å². The van der Waals surface area contributed by atoms with Gasteiger partial charge in [0.1, 0.15) is 5.15 Å². The number of benzene rings is 2. The average molecular weight is 425 g/mol.